The highest BCUT2D eigenvalue weighted by Crippen LogP contribution is 2.32. The first-order valence-corrected chi connectivity index (χ1v) is 9.17. The van der Waals surface area contributed by atoms with Crippen LogP contribution in [0, 0.1) is 6.92 Å². The van der Waals surface area contributed by atoms with Crippen molar-refractivity contribution >= 4 is 33.5 Å². The van der Waals surface area contributed by atoms with Gasteiger partial charge in [0.15, 0.2) is 0 Å². The van der Waals surface area contributed by atoms with Gasteiger partial charge < -0.3 is 15.2 Å². The van der Waals surface area contributed by atoms with Gasteiger partial charge in [0.1, 0.15) is 11.8 Å². The highest BCUT2D eigenvalue weighted by molar-refractivity contribution is 7.89. The lowest BCUT2D eigenvalue weighted by molar-refractivity contribution is -0.140. The average molecular weight is 393 g/mol. The number of halogens is 1. The fourth-order valence-electron chi connectivity index (χ4n) is 2.18. The molecule has 10 heteroatoms. The Hall–Kier alpha value is -1.84. The smallest absolute Gasteiger partial charge is 0.321 e. The number of carbonyl (C=O) groups excluding carboxylic acids is 1. The number of aryl methyl sites for hydroxylation is 1. The summed E-state index contributed by atoms with van der Waals surface area (Å²) in [7, 11) is -2.76. The lowest BCUT2D eigenvalue weighted by Gasteiger charge is -2.26. The van der Waals surface area contributed by atoms with E-state index in [1.54, 1.807) is 6.92 Å². The number of sulfonamides is 1. The van der Waals surface area contributed by atoms with Gasteiger partial charge in [-0.25, -0.2) is 8.42 Å². The van der Waals surface area contributed by atoms with Crippen LogP contribution in [0.2, 0.25) is 5.02 Å². The number of carboxylic acid groups (broad SMARTS) is 1. The molecule has 25 heavy (non-hydrogen) atoms. The Labute approximate surface area is 151 Å². The molecule has 1 rings (SSSR count). The van der Waals surface area contributed by atoms with Crippen molar-refractivity contribution in [3.63, 3.8) is 0 Å². The fraction of sp³-hybridized carbons (Fsp3) is 0.467. The predicted octanol–water partition coefficient (Wildman–Crippen LogP) is 1.26. The maximum Gasteiger partial charge on any atom is 0.321 e. The van der Waals surface area contributed by atoms with E-state index in [2.05, 4.69) is 5.32 Å². The summed E-state index contributed by atoms with van der Waals surface area (Å²) in [5.74, 6) is -1.33. The minimum Gasteiger partial charge on any atom is -0.495 e. The van der Waals surface area contributed by atoms with Crippen molar-refractivity contribution < 1.29 is 27.9 Å². The van der Waals surface area contributed by atoms with Crippen LogP contribution in [0.25, 0.3) is 0 Å². The molecule has 2 N–H and O–H groups in total. The van der Waals surface area contributed by atoms with Crippen molar-refractivity contribution in [2.24, 2.45) is 0 Å². The molecular formula is C15H21ClN2O6S. The number of ether oxygens (including phenoxy) is 1. The predicted molar refractivity (Wildman–Crippen MR) is 92.4 cm³/mol. The molecule has 0 aliphatic heterocycles. The monoisotopic (exact) mass is 392 g/mol. The zero-order valence-electron chi connectivity index (χ0n) is 14.4. The van der Waals surface area contributed by atoms with Gasteiger partial charge in [-0.2, -0.15) is 4.31 Å². The number of nitrogens with zero attached hydrogens (tertiary/aromatic N) is 1. The summed E-state index contributed by atoms with van der Waals surface area (Å²) in [4.78, 5) is 22.2. The number of hydrogen-bond donors (Lipinski definition) is 2. The van der Waals surface area contributed by atoms with Gasteiger partial charge in [0.05, 0.1) is 17.0 Å². The minimum atomic E-state index is -4.16. The molecular weight excluding hydrogens is 372 g/mol. The Morgan fingerprint density at radius 2 is 2.00 bits per heavy atom. The molecule has 0 aliphatic rings. The summed E-state index contributed by atoms with van der Waals surface area (Å²) in [5.41, 5.74) is 0.364. The van der Waals surface area contributed by atoms with Crippen LogP contribution in [-0.4, -0.2) is 55.9 Å². The second-order valence-corrected chi connectivity index (χ2v) is 7.63. The Kier molecular flexibility index (Phi) is 7.21. The van der Waals surface area contributed by atoms with E-state index in [0.29, 0.717) is 11.3 Å². The molecule has 8 nitrogen and oxygen atoms in total. The van der Waals surface area contributed by atoms with E-state index in [4.69, 9.17) is 16.3 Å². The number of aliphatic carboxylic acids is 1. The maximum absolute atomic E-state index is 13.0. The van der Waals surface area contributed by atoms with E-state index in [9.17, 15) is 23.1 Å². The van der Waals surface area contributed by atoms with Gasteiger partial charge in [0.2, 0.25) is 15.9 Å². The molecule has 1 aromatic rings. The summed E-state index contributed by atoms with van der Waals surface area (Å²) >= 11 is 6.02. The molecule has 1 aromatic carbocycles. The van der Waals surface area contributed by atoms with Gasteiger partial charge >= 0.3 is 5.97 Å². The summed E-state index contributed by atoms with van der Waals surface area (Å²) in [6.45, 7) is 3.89. The van der Waals surface area contributed by atoms with Crippen LogP contribution in [0.1, 0.15) is 19.4 Å². The minimum absolute atomic E-state index is 0.0187. The van der Waals surface area contributed by atoms with E-state index in [1.165, 1.54) is 33.1 Å². The molecule has 0 bridgehead atoms. The van der Waals surface area contributed by atoms with Crippen LogP contribution in [0.3, 0.4) is 0 Å². The average Bonchev–Trinajstić information content (AvgIpc) is 2.51. The summed E-state index contributed by atoms with van der Waals surface area (Å²) < 4.78 is 31.8. The number of hydrogen-bond acceptors (Lipinski definition) is 5. The molecule has 0 aromatic heterocycles. The van der Waals surface area contributed by atoms with Crippen LogP contribution in [0.15, 0.2) is 17.0 Å². The van der Waals surface area contributed by atoms with Gasteiger partial charge in [0.25, 0.3) is 0 Å². The van der Waals surface area contributed by atoms with Gasteiger partial charge in [0, 0.05) is 20.0 Å². The van der Waals surface area contributed by atoms with Crippen LogP contribution in [-0.2, 0) is 19.6 Å². The molecule has 1 unspecified atom stereocenters. The van der Waals surface area contributed by atoms with Crippen LogP contribution < -0.4 is 10.1 Å². The van der Waals surface area contributed by atoms with Crippen molar-refractivity contribution in [1.29, 1.82) is 0 Å². The number of nitrogens with one attached hydrogen (secondary N) is 1. The van der Waals surface area contributed by atoms with E-state index in [1.807, 2.05) is 0 Å². The van der Waals surface area contributed by atoms with Gasteiger partial charge in [-0.3, -0.25) is 9.59 Å². The maximum atomic E-state index is 13.0. The number of amides is 1. The van der Waals surface area contributed by atoms with E-state index >= 15 is 0 Å². The Bertz CT molecular complexity index is 766. The van der Waals surface area contributed by atoms with Crippen molar-refractivity contribution in [1.82, 2.24) is 9.62 Å². The molecule has 1 amide bonds. The molecule has 0 fully saturated rings. The third-order valence-electron chi connectivity index (χ3n) is 3.53. The van der Waals surface area contributed by atoms with E-state index < -0.39 is 22.0 Å². The number of rotatable bonds is 8. The van der Waals surface area contributed by atoms with Crippen LogP contribution in [0.5, 0.6) is 5.75 Å². The molecule has 0 saturated carbocycles. The summed E-state index contributed by atoms with van der Waals surface area (Å²) in [6.07, 6.45) is 0. The molecule has 0 heterocycles. The van der Waals surface area contributed by atoms with Crippen LogP contribution in [0.4, 0.5) is 0 Å². The van der Waals surface area contributed by atoms with E-state index in [0.717, 1.165) is 4.31 Å². The number of carboxylic acids is 1. The molecule has 0 aliphatic carbocycles. The molecule has 0 saturated heterocycles. The number of benzene rings is 1. The third-order valence-corrected chi connectivity index (χ3v) is 5.94. The largest absolute Gasteiger partial charge is 0.495 e. The number of methoxy groups -OCH3 is 1. The highest BCUT2D eigenvalue weighted by Gasteiger charge is 2.34. The molecule has 0 spiro atoms. The third kappa shape index (κ3) is 5.07. The zero-order chi connectivity index (χ0) is 19.4. The van der Waals surface area contributed by atoms with Crippen molar-refractivity contribution in [2.75, 3.05) is 20.2 Å². The molecule has 1 atom stereocenters. The standard InChI is InChI=1S/C15H21ClN2O6S/c1-9-7-13(24-4)12(16)8-14(9)25(22,23)18(10(2)15(20)21)6-5-17-11(3)19/h7-8,10H,5-6H2,1-4H3,(H,17,19)(H,20,21). The van der Waals surface area contributed by atoms with Gasteiger partial charge in [-0.05, 0) is 31.5 Å². The first-order valence-electron chi connectivity index (χ1n) is 7.35. The Morgan fingerprint density at radius 3 is 2.48 bits per heavy atom. The van der Waals surface area contributed by atoms with Crippen molar-refractivity contribution in [3.8, 4) is 5.75 Å². The lowest BCUT2D eigenvalue weighted by Crippen LogP contribution is -2.46. The SMILES string of the molecule is COc1cc(C)c(S(=O)(=O)N(CCNC(C)=O)C(C)C(=O)O)cc1Cl. The summed E-state index contributed by atoms with van der Waals surface area (Å²) in [6, 6.07) is 1.37. The highest BCUT2D eigenvalue weighted by atomic mass is 35.5. The first kappa shape index (κ1) is 21.2. The van der Waals surface area contributed by atoms with Gasteiger partial charge in [-0.1, -0.05) is 11.6 Å². The van der Waals surface area contributed by atoms with E-state index in [-0.39, 0.29) is 28.9 Å². The lowest BCUT2D eigenvalue weighted by atomic mass is 10.2. The Morgan fingerprint density at radius 1 is 1.40 bits per heavy atom. The zero-order valence-corrected chi connectivity index (χ0v) is 15.9. The first-order chi connectivity index (χ1) is 11.5. The molecule has 0 radical (unpaired) electrons. The quantitative estimate of drug-likeness (QED) is 0.688. The molecule has 140 valence electrons. The topological polar surface area (TPSA) is 113 Å². The fourth-order valence-corrected chi connectivity index (χ4v) is 4.31. The second kappa shape index (κ2) is 8.50. The second-order valence-electron chi connectivity index (χ2n) is 5.37. The van der Waals surface area contributed by atoms with Gasteiger partial charge in [-0.15, -0.1) is 0 Å². The van der Waals surface area contributed by atoms with Crippen LogP contribution >= 0.6 is 11.6 Å². The summed E-state index contributed by atoms with van der Waals surface area (Å²) in [5, 5.41) is 11.8. The van der Waals surface area contributed by atoms with Crippen molar-refractivity contribution in [3.05, 3.63) is 22.7 Å². The number of carbonyl (C=O) groups is 2. The Balaban J connectivity index is 3.33. The normalized spacial score (nSPS) is 12.7. The van der Waals surface area contributed by atoms with Crippen molar-refractivity contribution in [2.45, 2.75) is 31.7 Å².